The average Bonchev–Trinajstić information content (AvgIpc) is 2.81. The van der Waals surface area contributed by atoms with Crippen LogP contribution in [0.1, 0.15) is 0 Å². The fourth-order valence-corrected chi connectivity index (χ4v) is 3.54. The van der Waals surface area contributed by atoms with E-state index < -0.39 is 0 Å². The lowest BCUT2D eigenvalue weighted by Gasteiger charge is -2.31. The van der Waals surface area contributed by atoms with Gasteiger partial charge in [-0.25, -0.2) is 9.97 Å². The summed E-state index contributed by atoms with van der Waals surface area (Å²) < 4.78 is 5.26. The standard InChI is InChI=1S/C24H27N5O2/c1-28-12-14-29(15-13-28)17-23(30)27-24-25-21(18-6-4-3-5-7-18)16-22(26-24)19-8-10-20(31-2)11-9-19/h3-11,16H,12-15,17H2,1-2H3,(H,25,26,27,30). The van der Waals surface area contributed by atoms with Crippen molar-refractivity contribution in [3.05, 3.63) is 60.7 Å². The number of carbonyl (C=O) groups excluding carboxylic acids is 1. The summed E-state index contributed by atoms with van der Waals surface area (Å²) in [5.74, 6) is 0.989. The molecule has 7 nitrogen and oxygen atoms in total. The molecule has 160 valence electrons. The predicted octanol–water partition coefficient (Wildman–Crippen LogP) is 3.01. The van der Waals surface area contributed by atoms with Crippen LogP contribution < -0.4 is 10.1 Å². The molecule has 2 heterocycles. The van der Waals surface area contributed by atoms with E-state index >= 15 is 0 Å². The van der Waals surface area contributed by atoms with Gasteiger partial charge in [0, 0.05) is 37.3 Å². The van der Waals surface area contributed by atoms with Gasteiger partial charge in [0.05, 0.1) is 25.0 Å². The minimum atomic E-state index is -0.101. The van der Waals surface area contributed by atoms with Gasteiger partial charge in [-0.1, -0.05) is 30.3 Å². The number of carbonyl (C=O) groups is 1. The number of amides is 1. The first-order valence-corrected chi connectivity index (χ1v) is 10.4. The molecule has 0 saturated carbocycles. The molecule has 2 aromatic carbocycles. The van der Waals surface area contributed by atoms with Crippen molar-refractivity contribution in [2.24, 2.45) is 0 Å². The van der Waals surface area contributed by atoms with Gasteiger partial charge in [-0.15, -0.1) is 0 Å². The number of nitrogens with zero attached hydrogens (tertiary/aromatic N) is 4. The maximum absolute atomic E-state index is 12.7. The lowest BCUT2D eigenvalue weighted by Crippen LogP contribution is -2.47. The van der Waals surface area contributed by atoms with Crippen LogP contribution in [0.15, 0.2) is 60.7 Å². The monoisotopic (exact) mass is 417 g/mol. The summed E-state index contributed by atoms with van der Waals surface area (Å²) in [7, 11) is 3.74. The molecule has 0 unspecified atom stereocenters. The fourth-order valence-electron chi connectivity index (χ4n) is 3.54. The summed E-state index contributed by atoms with van der Waals surface area (Å²) in [5, 5.41) is 2.90. The number of likely N-dealkylation sites (N-methyl/N-ethyl adjacent to an activating group) is 1. The highest BCUT2D eigenvalue weighted by Crippen LogP contribution is 2.26. The predicted molar refractivity (Wildman–Crippen MR) is 122 cm³/mol. The Balaban J connectivity index is 1.59. The average molecular weight is 418 g/mol. The Bertz CT molecular complexity index is 1020. The molecule has 1 N–H and O–H groups in total. The number of hydrogen-bond donors (Lipinski definition) is 1. The van der Waals surface area contributed by atoms with Crippen molar-refractivity contribution >= 4 is 11.9 Å². The zero-order valence-electron chi connectivity index (χ0n) is 17.9. The van der Waals surface area contributed by atoms with Crippen LogP contribution in [0.5, 0.6) is 5.75 Å². The highest BCUT2D eigenvalue weighted by Gasteiger charge is 2.18. The summed E-state index contributed by atoms with van der Waals surface area (Å²) >= 11 is 0. The van der Waals surface area contributed by atoms with Crippen molar-refractivity contribution in [3.8, 4) is 28.3 Å². The summed E-state index contributed by atoms with van der Waals surface area (Å²) in [4.78, 5) is 26.3. The first kappa shape index (κ1) is 21.0. The number of nitrogens with one attached hydrogen (secondary N) is 1. The molecule has 4 rings (SSSR count). The second-order valence-electron chi connectivity index (χ2n) is 7.68. The van der Waals surface area contributed by atoms with Crippen molar-refractivity contribution < 1.29 is 9.53 Å². The molecule has 7 heteroatoms. The van der Waals surface area contributed by atoms with Gasteiger partial charge in [0.15, 0.2) is 0 Å². The zero-order valence-corrected chi connectivity index (χ0v) is 17.9. The molecule has 1 amide bonds. The minimum Gasteiger partial charge on any atom is -0.497 e. The lowest BCUT2D eigenvalue weighted by molar-refractivity contribution is -0.117. The third-order valence-corrected chi connectivity index (χ3v) is 5.40. The largest absolute Gasteiger partial charge is 0.497 e. The van der Waals surface area contributed by atoms with Crippen LogP contribution in [0.3, 0.4) is 0 Å². The van der Waals surface area contributed by atoms with E-state index in [1.807, 2.05) is 60.7 Å². The molecule has 31 heavy (non-hydrogen) atoms. The number of benzene rings is 2. The van der Waals surface area contributed by atoms with Crippen LogP contribution in [0.25, 0.3) is 22.5 Å². The van der Waals surface area contributed by atoms with E-state index in [2.05, 4.69) is 32.1 Å². The Kier molecular flexibility index (Phi) is 6.54. The molecule has 0 atom stereocenters. The summed E-state index contributed by atoms with van der Waals surface area (Å²) in [6.07, 6.45) is 0. The van der Waals surface area contributed by atoms with Gasteiger partial charge in [0.25, 0.3) is 0 Å². The number of ether oxygens (including phenoxy) is 1. The fraction of sp³-hybridized carbons (Fsp3) is 0.292. The molecule has 0 bridgehead atoms. The Labute approximate surface area is 182 Å². The molecule has 1 aromatic heterocycles. The molecular formula is C24H27N5O2. The van der Waals surface area contributed by atoms with Crippen molar-refractivity contribution in [1.82, 2.24) is 19.8 Å². The molecule has 1 aliphatic rings. The minimum absolute atomic E-state index is 0.101. The van der Waals surface area contributed by atoms with Gasteiger partial charge in [-0.2, -0.15) is 0 Å². The highest BCUT2D eigenvalue weighted by molar-refractivity contribution is 5.91. The second kappa shape index (κ2) is 9.68. The lowest BCUT2D eigenvalue weighted by atomic mass is 10.1. The molecule has 1 aliphatic heterocycles. The Hall–Kier alpha value is -3.29. The summed E-state index contributed by atoms with van der Waals surface area (Å²) in [5.41, 5.74) is 3.40. The van der Waals surface area contributed by atoms with Crippen molar-refractivity contribution in [3.63, 3.8) is 0 Å². The first-order valence-electron chi connectivity index (χ1n) is 10.4. The van der Waals surface area contributed by atoms with Gasteiger partial charge in [-0.3, -0.25) is 15.0 Å². The van der Waals surface area contributed by atoms with Gasteiger partial charge >= 0.3 is 0 Å². The first-order chi connectivity index (χ1) is 15.1. The number of methoxy groups -OCH3 is 1. The van der Waals surface area contributed by atoms with Crippen LogP contribution in [-0.4, -0.2) is 72.6 Å². The van der Waals surface area contributed by atoms with Gasteiger partial charge in [-0.05, 0) is 37.4 Å². The number of aromatic nitrogens is 2. The normalized spacial score (nSPS) is 14.9. The Morgan fingerprint density at radius 2 is 1.55 bits per heavy atom. The number of hydrogen-bond acceptors (Lipinski definition) is 6. The molecule has 0 spiro atoms. The second-order valence-corrected chi connectivity index (χ2v) is 7.68. The van der Waals surface area contributed by atoms with E-state index in [4.69, 9.17) is 4.74 Å². The highest BCUT2D eigenvalue weighted by atomic mass is 16.5. The molecule has 3 aromatic rings. The number of rotatable bonds is 6. The van der Waals surface area contributed by atoms with Crippen LogP contribution in [-0.2, 0) is 4.79 Å². The van der Waals surface area contributed by atoms with Gasteiger partial charge < -0.3 is 9.64 Å². The van der Waals surface area contributed by atoms with E-state index in [-0.39, 0.29) is 5.91 Å². The van der Waals surface area contributed by atoms with Crippen molar-refractivity contribution in [2.75, 3.05) is 52.2 Å². The van der Waals surface area contributed by atoms with Crippen LogP contribution in [0, 0.1) is 0 Å². The SMILES string of the molecule is COc1ccc(-c2cc(-c3ccccc3)nc(NC(=O)CN3CCN(C)CC3)n2)cc1. The number of anilines is 1. The molecular weight excluding hydrogens is 390 g/mol. The van der Waals surface area contributed by atoms with Crippen molar-refractivity contribution in [1.29, 1.82) is 0 Å². The zero-order chi connectivity index (χ0) is 21.6. The van der Waals surface area contributed by atoms with Crippen LogP contribution >= 0.6 is 0 Å². The third kappa shape index (κ3) is 5.45. The molecule has 1 fully saturated rings. The third-order valence-electron chi connectivity index (χ3n) is 5.40. The Morgan fingerprint density at radius 1 is 0.935 bits per heavy atom. The number of piperazine rings is 1. The maximum atomic E-state index is 12.7. The van der Waals surface area contributed by atoms with Crippen molar-refractivity contribution in [2.45, 2.75) is 0 Å². The summed E-state index contributed by atoms with van der Waals surface area (Å²) in [6, 6.07) is 19.5. The molecule has 0 aliphatic carbocycles. The van der Waals surface area contributed by atoms with E-state index in [1.54, 1.807) is 7.11 Å². The molecule has 0 radical (unpaired) electrons. The van der Waals surface area contributed by atoms with E-state index in [0.717, 1.165) is 54.4 Å². The van der Waals surface area contributed by atoms with Gasteiger partial charge in [0.2, 0.25) is 11.9 Å². The van der Waals surface area contributed by atoms with E-state index in [0.29, 0.717) is 12.5 Å². The van der Waals surface area contributed by atoms with E-state index in [1.165, 1.54) is 0 Å². The Morgan fingerprint density at radius 3 is 2.16 bits per heavy atom. The summed E-state index contributed by atoms with van der Waals surface area (Å²) in [6.45, 7) is 4.03. The van der Waals surface area contributed by atoms with E-state index in [9.17, 15) is 4.79 Å². The quantitative estimate of drug-likeness (QED) is 0.665. The van der Waals surface area contributed by atoms with Crippen LogP contribution in [0.4, 0.5) is 5.95 Å². The van der Waals surface area contributed by atoms with Crippen LogP contribution in [0.2, 0.25) is 0 Å². The molecule has 1 saturated heterocycles. The maximum Gasteiger partial charge on any atom is 0.240 e. The smallest absolute Gasteiger partial charge is 0.240 e. The topological polar surface area (TPSA) is 70.6 Å². The van der Waals surface area contributed by atoms with Gasteiger partial charge in [0.1, 0.15) is 5.75 Å².